The molecule has 1 amide bonds. The highest BCUT2D eigenvalue weighted by Crippen LogP contribution is 2.53. The summed E-state index contributed by atoms with van der Waals surface area (Å²) in [5.74, 6) is 1.59. The van der Waals surface area contributed by atoms with Gasteiger partial charge in [0.1, 0.15) is 11.3 Å². The lowest BCUT2D eigenvalue weighted by atomic mass is 9.72. The van der Waals surface area contributed by atoms with Gasteiger partial charge in [0.15, 0.2) is 12.4 Å². The monoisotopic (exact) mass is 714 g/mol. The van der Waals surface area contributed by atoms with Gasteiger partial charge in [-0.25, -0.2) is 4.98 Å². The van der Waals surface area contributed by atoms with Crippen molar-refractivity contribution in [1.82, 2.24) is 30.0 Å². The van der Waals surface area contributed by atoms with Crippen LogP contribution in [0.15, 0.2) is 37.1 Å². The number of H-pyrrole nitrogens is 1. The number of aryl methyl sites for hydroxylation is 1. The molecule has 6 heterocycles. The van der Waals surface area contributed by atoms with E-state index in [1.165, 1.54) is 18.9 Å². The van der Waals surface area contributed by atoms with Crippen LogP contribution in [0.1, 0.15) is 62.5 Å². The number of hydrogen-bond acceptors (Lipinski definition) is 8. The summed E-state index contributed by atoms with van der Waals surface area (Å²) < 4.78 is 48.2. The first kappa shape index (κ1) is 33.4. The Hall–Kier alpha value is -4.39. The SMILES string of the molecule is C=CC(=O)N1CC2(CCN(c3nc(N4CC(N5CCC[C@@H]5C)C4)nc4c(OCC(F)(F)F)c(-c5c(C)ccc6[nH]ncc56)c(C5CC5)cc34)CC2)C1. The molecule has 1 atom stereocenters. The highest BCUT2D eigenvalue weighted by atomic mass is 19.4. The van der Waals surface area contributed by atoms with Gasteiger partial charge in [0, 0.05) is 73.1 Å². The molecule has 0 unspecified atom stereocenters. The molecule has 9 rings (SSSR count). The number of rotatable bonds is 8. The van der Waals surface area contributed by atoms with Gasteiger partial charge in [-0.1, -0.05) is 12.6 Å². The number of alkyl halides is 3. The molecule has 0 radical (unpaired) electrons. The molecule has 1 N–H and O–H groups in total. The maximum atomic E-state index is 14.1. The molecule has 5 fully saturated rings. The molecule has 1 aliphatic carbocycles. The molecule has 5 aliphatic rings. The second-order valence-corrected chi connectivity index (χ2v) is 15.9. The molecule has 2 aromatic carbocycles. The zero-order valence-corrected chi connectivity index (χ0v) is 29.8. The summed E-state index contributed by atoms with van der Waals surface area (Å²) in [5.41, 5.74) is 4.67. The summed E-state index contributed by atoms with van der Waals surface area (Å²) in [6.45, 7) is 12.0. The van der Waals surface area contributed by atoms with E-state index in [0.717, 1.165) is 110 Å². The minimum atomic E-state index is -4.55. The second kappa shape index (κ2) is 12.3. The first-order valence-electron chi connectivity index (χ1n) is 18.7. The molecule has 52 heavy (non-hydrogen) atoms. The van der Waals surface area contributed by atoms with Gasteiger partial charge in [0.25, 0.3) is 0 Å². The molecule has 0 bridgehead atoms. The van der Waals surface area contributed by atoms with Crippen molar-refractivity contribution in [2.24, 2.45) is 5.41 Å². The average Bonchev–Trinajstić information content (AvgIpc) is 3.68. The first-order chi connectivity index (χ1) is 25.0. The van der Waals surface area contributed by atoms with Gasteiger partial charge >= 0.3 is 6.18 Å². The molecule has 1 saturated carbocycles. The number of carbonyl (C=O) groups excluding carboxylic acids is 1. The van der Waals surface area contributed by atoms with E-state index in [9.17, 15) is 18.0 Å². The lowest BCUT2D eigenvalue weighted by Gasteiger charge is -2.54. The smallest absolute Gasteiger partial charge is 0.422 e. The number of hydrogen-bond donors (Lipinski definition) is 1. The van der Waals surface area contributed by atoms with E-state index in [4.69, 9.17) is 14.7 Å². The Morgan fingerprint density at radius 1 is 1.06 bits per heavy atom. The van der Waals surface area contributed by atoms with Gasteiger partial charge in [-0.3, -0.25) is 14.8 Å². The van der Waals surface area contributed by atoms with Crippen LogP contribution in [0.2, 0.25) is 0 Å². The molecular formula is C39H45F3N8O2. The number of fused-ring (bicyclic) bond motifs is 2. The summed E-state index contributed by atoms with van der Waals surface area (Å²) in [7, 11) is 0. The van der Waals surface area contributed by atoms with Crippen molar-refractivity contribution in [3.05, 3.63) is 48.2 Å². The number of piperidine rings is 1. The number of nitrogens with one attached hydrogen (secondary N) is 1. The van der Waals surface area contributed by atoms with Crippen LogP contribution in [-0.4, -0.2) is 107 Å². The van der Waals surface area contributed by atoms with Crippen LogP contribution in [0, 0.1) is 12.3 Å². The summed E-state index contributed by atoms with van der Waals surface area (Å²) >= 11 is 0. The van der Waals surface area contributed by atoms with E-state index in [2.05, 4.69) is 44.5 Å². The standard InChI is InChI=1S/C39H45F3N8O2/c1-4-31(51)49-20-38(21-49)11-14-47(15-12-38)36-28-16-27(25-8-9-25)33(32-23(2)7-10-30-29(32)17-43-46-30)35(52-22-39(40,41)42)34(28)44-37(45-36)48-18-26(19-48)50-13-5-6-24(50)3/h4,7,10,16-17,24-26H,1,5-6,8-9,11-15,18-22H2,2-3H3,(H,43,46)/t24-/m0/s1. The van der Waals surface area contributed by atoms with Gasteiger partial charge < -0.3 is 19.4 Å². The molecule has 2 aromatic heterocycles. The fourth-order valence-electron chi connectivity index (χ4n) is 9.22. The Morgan fingerprint density at radius 2 is 1.83 bits per heavy atom. The number of amides is 1. The van der Waals surface area contributed by atoms with Crippen molar-refractivity contribution in [1.29, 1.82) is 0 Å². The number of nitrogens with zero attached hydrogens (tertiary/aromatic N) is 7. The van der Waals surface area contributed by atoms with Crippen molar-refractivity contribution in [3.63, 3.8) is 0 Å². The first-order valence-corrected chi connectivity index (χ1v) is 18.7. The maximum Gasteiger partial charge on any atom is 0.422 e. The summed E-state index contributed by atoms with van der Waals surface area (Å²) in [4.78, 5) is 31.5. The molecule has 4 saturated heterocycles. The number of aromatic nitrogens is 4. The number of anilines is 2. The Balaban J connectivity index is 1.19. The maximum absolute atomic E-state index is 14.1. The number of likely N-dealkylation sites (tertiary alicyclic amines) is 2. The quantitative estimate of drug-likeness (QED) is 0.205. The van der Waals surface area contributed by atoms with Crippen molar-refractivity contribution in [2.75, 3.05) is 62.2 Å². The van der Waals surface area contributed by atoms with Crippen LogP contribution in [0.4, 0.5) is 24.9 Å². The molecular weight excluding hydrogens is 669 g/mol. The second-order valence-electron chi connectivity index (χ2n) is 15.9. The van der Waals surface area contributed by atoms with Crippen molar-refractivity contribution in [2.45, 2.75) is 76.6 Å². The number of benzene rings is 2. The number of ether oxygens (including phenoxy) is 1. The van der Waals surface area contributed by atoms with Gasteiger partial charge in [-0.15, -0.1) is 0 Å². The molecule has 274 valence electrons. The highest BCUT2D eigenvalue weighted by molar-refractivity contribution is 6.06. The Bertz CT molecular complexity index is 2050. The van der Waals surface area contributed by atoms with Crippen molar-refractivity contribution in [3.8, 4) is 16.9 Å². The van der Waals surface area contributed by atoms with Crippen LogP contribution in [-0.2, 0) is 4.79 Å². The van der Waals surface area contributed by atoms with Crippen LogP contribution in [0.5, 0.6) is 5.75 Å². The molecule has 1 spiro atoms. The zero-order valence-electron chi connectivity index (χ0n) is 29.8. The van der Waals surface area contributed by atoms with E-state index in [1.54, 1.807) is 6.20 Å². The third-order valence-electron chi connectivity index (χ3n) is 12.3. The van der Waals surface area contributed by atoms with Gasteiger partial charge in [-0.2, -0.15) is 23.3 Å². The largest absolute Gasteiger partial charge is 0.481 e. The summed E-state index contributed by atoms with van der Waals surface area (Å²) in [6, 6.07) is 7.00. The summed E-state index contributed by atoms with van der Waals surface area (Å²) in [5, 5.41) is 8.90. The normalized spacial score (nSPS) is 22.3. The summed E-state index contributed by atoms with van der Waals surface area (Å²) in [6.07, 6.45) is 4.63. The third-order valence-corrected chi connectivity index (χ3v) is 12.3. The predicted octanol–water partition coefficient (Wildman–Crippen LogP) is 6.59. The Kier molecular flexibility index (Phi) is 7.94. The lowest BCUT2D eigenvalue weighted by Crippen LogP contribution is -2.61. The van der Waals surface area contributed by atoms with Crippen molar-refractivity contribution < 1.29 is 22.7 Å². The van der Waals surface area contributed by atoms with Crippen LogP contribution >= 0.6 is 0 Å². The van der Waals surface area contributed by atoms with Crippen LogP contribution in [0.25, 0.3) is 32.9 Å². The Morgan fingerprint density at radius 3 is 2.50 bits per heavy atom. The van der Waals surface area contributed by atoms with Crippen LogP contribution < -0.4 is 14.5 Å². The fourth-order valence-corrected chi connectivity index (χ4v) is 9.22. The van der Waals surface area contributed by atoms with E-state index in [1.807, 2.05) is 24.0 Å². The average molecular weight is 715 g/mol. The third kappa shape index (κ3) is 5.75. The predicted molar refractivity (Wildman–Crippen MR) is 195 cm³/mol. The number of aromatic amines is 1. The fraction of sp³-hybridized carbons (Fsp3) is 0.538. The van der Waals surface area contributed by atoms with Crippen molar-refractivity contribution >= 4 is 39.5 Å². The van der Waals surface area contributed by atoms with Crippen LogP contribution in [0.3, 0.4) is 0 Å². The molecule has 10 nitrogen and oxygen atoms in total. The molecule has 13 heteroatoms. The molecule has 4 aromatic rings. The van der Waals surface area contributed by atoms with E-state index >= 15 is 0 Å². The van der Waals surface area contributed by atoms with Gasteiger partial charge in [-0.05, 0) is 99.7 Å². The topological polar surface area (TPSA) is 93.7 Å². The minimum absolute atomic E-state index is 0.0354. The number of carbonyl (C=O) groups is 1. The van der Waals surface area contributed by atoms with Gasteiger partial charge in [0.05, 0.1) is 11.7 Å². The van der Waals surface area contributed by atoms with Gasteiger partial charge in [0.2, 0.25) is 11.9 Å². The zero-order chi connectivity index (χ0) is 35.9. The highest BCUT2D eigenvalue weighted by Gasteiger charge is 2.47. The van der Waals surface area contributed by atoms with E-state index in [-0.39, 0.29) is 23.0 Å². The van der Waals surface area contributed by atoms with E-state index < -0.39 is 12.8 Å². The molecule has 4 aliphatic heterocycles. The number of halogens is 3. The minimum Gasteiger partial charge on any atom is -0.481 e. The van der Waals surface area contributed by atoms with E-state index in [0.29, 0.717) is 29.1 Å². The lowest BCUT2D eigenvalue weighted by molar-refractivity contribution is -0.153. The Labute approximate surface area is 301 Å².